The summed E-state index contributed by atoms with van der Waals surface area (Å²) in [5, 5.41) is 3.39. The highest BCUT2D eigenvalue weighted by atomic mass is 19.4. The van der Waals surface area contributed by atoms with Crippen molar-refractivity contribution in [1.82, 2.24) is 15.0 Å². The molecule has 0 aliphatic carbocycles. The minimum Gasteiger partial charge on any atom is -0.373 e. The molecule has 1 fully saturated rings. The molecule has 24 heavy (non-hydrogen) atoms. The van der Waals surface area contributed by atoms with Gasteiger partial charge in [0.25, 0.3) is 0 Å². The Balaban J connectivity index is 1.68. The van der Waals surface area contributed by atoms with Gasteiger partial charge in [-0.25, -0.2) is 0 Å². The number of alkyl halides is 3. The summed E-state index contributed by atoms with van der Waals surface area (Å²) in [5.74, 6) is -1.40. The van der Waals surface area contributed by atoms with Gasteiger partial charge in [0.15, 0.2) is 0 Å². The van der Waals surface area contributed by atoms with E-state index in [0.717, 1.165) is 25.2 Å². The van der Waals surface area contributed by atoms with Crippen LogP contribution in [0.25, 0.3) is 11.4 Å². The number of halogens is 3. The van der Waals surface area contributed by atoms with Gasteiger partial charge in [-0.3, -0.25) is 4.90 Å². The molecule has 0 radical (unpaired) electrons. The van der Waals surface area contributed by atoms with Gasteiger partial charge in [0.1, 0.15) is 0 Å². The molecule has 8 heteroatoms. The average molecular weight is 341 g/mol. The molecule has 1 aromatic heterocycles. The number of hydrogen-bond donors (Lipinski definition) is 0. The SMILES string of the molecule is CC1CN(Cc2ccc(-c3noc(C(F)(F)F)n3)cc2)CC(C)O1. The molecule has 1 saturated heterocycles. The lowest BCUT2D eigenvalue weighted by molar-refractivity contribution is -0.159. The van der Waals surface area contributed by atoms with Crippen LogP contribution in [0.3, 0.4) is 0 Å². The zero-order valence-electron chi connectivity index (χ0n) is 13.4. The summed E-state index contributed by atoms with van der Waals surface area (Å²) < 4.78 is 47.4. The molecule has 2 atom stereocenters. The zero-order chi connectivity index (χ0) is 17.3. The van der Waals surface area contributed by atoms with Crippen molar-refractivity contribution >= 4 is 0 Å². The summed E-state index contributed by atoms with van der Waals surface area (Å²) in [6, 6.07) is 7.13. The van der Waals surface area contributed by atoms with E-state index in [9.17, 15) is 13.2 Å². The summed E-state index contributed by atoms with van der Waals surface area (Å²) >= 11 is 0. The van der Waals surface area contributed by atoms with Gasteiger partial charge < -0.3 is 9.26 Å². The third-order valence-corrected chi connectivity index (χ3v) is 3.78. The van der Waals surface area contributed by atoms with Crippen molar-refractivity contribution in [1.29, 1.82) is 0 Å². The van der Waals surface area contributed by atoms with Crippen LogP contribution in [-0.4, -0.2) is 40.3 Å². The van der Waals surface area contributed by atoms with Gasteiger partial charge in [0.2, 0.25) is 5.82 Å². The van der Waals surface area contributed by atoms with Gasteiger partial charge >= 0.3 is 12.1 Å². The Kier molecular flexibility index (Phi) is 4.60. The molecule has 1 aliphatic heterocycles. The van der Waals surface area contributed by atoms with E-state index in [1.165, 1.54) is 0 Å². The smallest absolute Gasteiger partial charge is 0.373 e. The Hall–Kier alpha value is -1.93. The normalized spacial score (nSPS) is 22.7. The third-order valence-electron chi connectivity index (χ3n) is 3.78. The van der Waals surface area contributed by atoms with Crippen molar-refractivity contribution in [2.24, 2.45) is 0 Å². The summed E-state index contributed by atoms with van der Waals surface area (Å²) in [5.41, 5.74) is 1.56. The number of nitrogens with zero attached hydrogens (tertiary/aromatic N) is 3. The summed E-state index contributed by atoms with van der Waals surface area (Å²) in [4.78, 5) is 5.68. The monoisotopic (exact) mass is 341 g/mol. The summed E-state index contributed by atoms with van der Waals surface area (Å²) in [6.07, 6.45) is -4.25. The van der Waals surface area contributed by atoms with Crippen LogP contribution in [-0.2, 0) is 17.5 Å². The van der Waals surface area contributed by atoms with Gasteiger partial charge in [-0.2, -0.15) is 18.2 Å². The molecule has 0 N–H and O–H groups in total. The minimum absolute atomic E-state index is 0.0671. The first-order valence-electron chi connectivity index (χ1n) is 7.69. The number of ether oxygens (including phenoxy) is 1. The van der Waals surface area contributed by atoms with Crippen LogP contribution in [0, 0.1) is 0 Å². The lowest BCUT2D eigenvalue weighted by Gasteiger charge is -2.35. The zero-order valence-corrected chi connectivity index (χ0v) is 13.4. The Morgan fingerprint density at radius 1 is 1.12 bits per heavy atom. The van der Waals surface area contributed by atoms with Crippen LogP contribution >= 0.6 is 0 Å². The highest BCUT2D eigenvalue weighted by Gasteiger charge is 2.38. The fourth-order valence-electron chi connectivity index (χ4n) is 2.89. The van der Waals surface area contributed by atoms with Crippen molar-refractivity contribution in [3.05, 3.63) is 35.7 Å². The second-order valence-electron chi connectivity index (χ2n) is 6.07. The van der Waals surface area contributed by atoms with Gasteiger partial charge in [0.05, 0.1) is 12.2 Å². The lowest BCUT2D eigenvalue weighted by Crippen LogP contribution is -2.44. The maximum atomic E-state index is 12.5. The van der Waals surface area contributed by atoms with E-state index in [1.807, 2.05) is 26.0 Å². The van der Waals surface area contributed by atoms with E-state index in [0.29, 0.717) is 5.56 Å². The van der Waals surface area contributed by atoms with Crippen LogP contribution in [0.2, 0.25) is 0 Å². The van der Waals surface area contributed by atoms with E-state index in [1.54, 1.807) is 12.1 Å². The van der Waals surface area contributed by atoms with Crippen molar-refractivity contribution < 1.29 is 22.4 Å². The first kappa shape index (κ1) is 16.9. The van der Waals surface area contributed by atoms with Crippen LogP contribution in [0.4, 0.5) is 13.2 Å². The standard InChI is InChI=1S/C16H18F3N3O2/c1-10-7-22(8-11(2)23-10)9-12-3-5-13(6-4-12)14-20-15(24-21-14)16(17,18)19/h3-6,10-11H,7-9H2,1-2H3. The predicted octanol–water partition coefficient (Wildman–Crippen LogP) is 3.36. The molecule has 0 spiro atoms. The molecule has 3 rings (SSSR count). The first-order chi connectivity index (χ1) is 11.3. The molecule has 2 aromatic rings. The van der Waals surface area contributed by atoms with E-state index >= 15 is 0 Å². The van der Waals surface area contributed by atoms with E-state index in [4.69, 9.17) is 4.74 Å². The molecular weight excluding hydrogens is 323 g/mol. The quantitative estimate of drug-likeness (QED) is 0.857. The number of aromatic nitrogens is 2. The van der Waals surface area contributed by atoms with E-state index in [2.05, 4.69) is 19.6 Å². The van der Waals surface area contributed by atoms with Gasteiger partial charge in [-0.15, -0.1) is 0 Å². The molecule has 0 amide bonds. The van der Waals surface area contributed by atoms with Gasteiger partial charge in [0, 0.05) is 25.2 Å². The average Bonchev–Trinajstić information content (AvgIpc) is 2.97. The summed E-state index contributed by atoms with van der Waals surface area (Å²) in [6.45, 7) is 6.55. The molecule has 0 saturated carbocycles. The Labute approximate surface area is 137 Å². The second-order valence-corrected chi connectivity index (χ2v) is 6.07. The fourth-order valence-corrected chi connectivity index (χ4v) is 2.89. The Morgan fingerprint density at radius 2 is 1.75 bits per heavy atom. The molecule has 130 valence electrons. The first-order valence-corrected chi connectivity index (χ1v) is 7.69. The Morgan fingerprint density at radius 3 is 2.29 bits per heavy atom. The van der Waals surface area contributed by atoms with E-state index < -0.39 is 12.1 Å². The molecule has 2 unspecified atom stereocenters. The molecular formula is C16H18F3N3O2. The minimum atomic E-state index is -4.63. The van der Waals surface area contributed by atoms with Crippen molar-refractivity contribution in [3.63, 3.8) is 0 Å². The molecule has 5 nitrogen and oxygen atoms in total. The second kappa shape index (κ2) is 6.52. The van der Waals surface area contributed by atoms with Crippen LogP contribution in [0.15, 0.2) is 28.8 Å². The molecule has 1 aromatic carbocycles. The van der Waals surface area contributed by atoms with Crippen LogP contribution < -0.4 is 0 Å². The number of morpholine rings is 1. The van der Waals surface area contributed by atoms with Crippen LogP contribution in [0.1, 0.15) is 25.3 Å². The van der Waals surface area contributed by atoms with Crippen LogP contribution in [0.5, 0.6) is 0 Å². The largest absolute Gasteiger partial charge is 0.471 e. The fraction of sp³-hybridized carbons (Fsp3) is 0.500. The number of hydrogen-bond acceptors (Lipinski definition) is 5. The highest BCUT2D eigenvalue weighted by molar-refractivity contribution is 5.54. The molecule has 0 bridgehead atoms. The summed E-state index contributed by atoms with van der Waals surface area (Å²) in [7, 11) is 0. The van der Waals surface area contributed by atoms with Gasteiger partial charge in [-0.05, 0) is 19.4 Å². The van der Waals surface area contributed by atoms with Gasteiger partial charge in [-0.1, -0.05) is 29.4 Å². The van der Waals surface area contributed by atoms with Crippen molar-refractivity contribution in [2.45, 2.75) is 38.8 Å². The van der Waals surface area contributed by atoms with Crippen molar-refractivity contribution in [2.75, 3.05) is 13.1 Å². The lowest BCUT2D eigenvalue weighted by atomic mass is 10.1. The maximum Gasteiger partial charge on any atom is 0.471 e. The Bertz CT molecular complexity index is 675. The number of benzene rings is 1. The molecule has 2 heterocycles. The maximum absolute atomic E-state index is 12.5. The molecule has 1 aliphatic rings. The van der Waals surface area contributed by atoms with Crippen molar-refractivity contribution in [3.8, 4) is 11.4 Å². The number of rotatable bonds is 3. The highest BCUT2D eigenvalue weighted by Crippen LogP contribution is 2.29. The van der Waals surface area contributed by atoms with E-state index in [-0.39, 0.29) is 18.0 Å². The predicted molar refractivity (Wildman–Crippen MR) is 80.0 cm³/mol. The topological polar surface area (TPSA) is 51.4 Å². The third kappa shape index (κ3) is 3.93.